The Balaban J connectivity index is 2.51. The molecule has 18 heavy (non-hydrogen) atoms. The third-order valence-electron chi connectivity index (χ3n) is 2.61. The Bertz CT molecular complexity index is 575. The van der Waals surface area contributed by atoms with E-state index in [1.54, 1.807) is 23.1 Å². The van der Waals surface area contributed by atoms with Crippen molar-refractivity contribution in [2.45, 2.75) is 26.7 Å². The molecule has 0 saturated heterocycles. The van der Waals surface area contributed by atoms with E-state index in [4.69, 9.17) is 5.11 Å². The summed E-state index contributed by atoms with van der Waals surface area (Å²) in [6.07, 6.45) is 5.16. The van der Waals surface area contributed by atoms with Crippen LogP contribution in [0.1, 0.15) is 35.1 Å². The topological polar surface area (TPSA) is 68.0 Å². The van der Waals surface area contributed by atoms with Crippen LogP contribution in [0.5, 0.6) is 0 Å². The normalized spacial score (nSPS) is 10.6. The zero-order valence-electron chi connectivity index (χ0n) is 10.4. The quantitative estimate of drug-likeness (QED) is 0.896. The largest absolute Gasteiger partial charge is 0.476 e. The number of pyridine rings is 1. The first-order valence-electron chi connectivity index (χ1n) is 5.86. The lowest BCUT2D eigenvalue weighted by atomic mass is 10.2. The summed E-state index contributed by atoms with van der Waals surface area (Å²) < 4.78 is 1.66. The summed E-state index contributed by atoms with van der Waals surface area (Å²) >= 11 is 0. The lowest BCUT2D eigenvalue weighted by molar-refractivity contribution is 0.0690. The average molecular weight is 245 g/mol. The van der Waals surface area contributed by atoms with Crippen LogP contribution < -0.4 is 0 Å². The third-order valence-corrected chi connectivity index (χ3v) is 2.61. The summed E-state index contributed by atoms with van der Waals surface area (Å²) in [5.74, 6) is -1.01. The number of hydrogen-bond acceptors (Lipinski definition) is 3. The fourth-order valence-electron chi connectivity index (χ4n) is 1.84. The summed E-state index contributed by atoms with van der Waals surface area (Å²) in [7, 11) is 0. The Labute approximate surface area is 105 Å². The van der Waals surface area contributed by atoms with Crippen molar-refractivity contribution in [3.05, 3.63) is 41.5 Å². The van der Waals surface area contributed by atoms with Crippen LogP contribution in [0.25, 0.3) is 5.69 Å². The second-order valence-electron chi connectivity index (χ2n) is 4.21. The van der Waals surface area contributed by atoms with E-state index in [0.717, 1.165) is 29.8 Å². The van der Waals surface area contributed by atoms with Crippen molar-refractivity contribution in [2.24, 2.45) is 0 Å². The Hall–Kier alpha value is -2.17. The Morgan fingerprint density at radius 3 is 2.78 bits per heavy atom. The van der Waals surface area contributed by atoms with Gasteiger partial charge in [-0.3, -0.25) is 4.98 Å². The van der Waals surface area contributed by atoms with Gasteiger partial charge in [-0.2, -0.15) is 5.10 Å². The molecule has 5 heteroatoms. The average Bonchev–Trinajstić information content (AvgIpc) is 2.74. The first-order chi connectivity index (χ1) is 8.61. The number of aryl methyl sites for hydroxylation is 2. The summed E-state index contributed by atoms with van der Waals surface area (Å²) in [6, 6.07) is 3.55. The highest BCUT2D eigenvalue weighted by Crippen LogP contribution is 2.14. The molecule has 0 spiro atoms. The van der Waals surface area contributed by atoms with E-state index in [1.165, 1.54) is 0 Å². The van der Waals surface area contributed by atoms with Gasteiger partial charge in [0.1, 0.15) is 0 Å². The molecule has 5 nitrogen and oxygen atoms in total. The number of nitrogens with zero attached hydrogens (tertiary/aromatic N) is 3. The van der Waals surface area contributed by atoms with Crippen LogP contribution in [-0.2, 0) is 6.42 Å². The zero-order chi connectivity index (χ0) is 13.1. The molecule has 0 atom stereocenters. The molecule has 94 valence electrons. The van der Waals surface area contributed by atoms with Crippen LogP contribution >= 0.6 is 0 Å². The summed E-state index contributed by atoms with van der Waals surface area (Å²) in [5.41, 5.74) is 2.77. The second-order valence-corrected chi connectivity index (χ2v) is 4.21. The number of carboxylic acids is 1. The van der Waals surface area contributed by atoms with E-state index in [0.29, 0.717) is 0 Å². The standard InChI is InChI=1S/C13H15N3O2/c1-3-4-10-6-12(13(17)18)15-16(10)11-5-9(2)7-14-8-11/h5-8H,3-4H2,1-2H3,(H,17,18). The van der Waals surface area contributed by atoms with E-state index in [-0.39, 0.29) is 5.69 Å². The molecule has 2 heterocycles. The van der Waals surface area contributed by atoms with E-state index < -0.39 is 5.97 Å². The van der Waals surface area contributed by atoms with Crippen molar-refractivity contribution in [1.29, 1.82) is 0 Å². The molecule has 0 aromatic carbocycles. The molecule has 0 aliphatic heterocycles. The van der Waals surface area contributed by atoms with Gasteiger partial charge in [0.15, 0.2) is 5.69 Å². The molecular weight excluding hydrogens is 230 g/mol. The molecule has 0 saturated carbocycles. The minimum absolute atomic E-state index is 0.0694. The molecule has 2 rings (SSSR count). The van der Waals surface area contributed by atoms with Gasteiger partial charge >= 0.3 is 5.97 Å². The lowest BCUT2D eigenvalue weighted by Crippen LogP contribution is -2.04. The van der Waals surface area contributed by atoms with Gasteiger partial charge in [-0.05, 0) is 31.0 Å². The van der Waals surface area contributed by atoms with Gasteiger partial charge in [-0.25, -0.2) is 9.48 Å². The maximum absolute atomic E-state index is 11.0. The maximum Gasteiger partial charge on any atom is 0.356 e. The van der Waals surface area contributed by atoms with Crippen LogP contribution in [0.4, 0.5) is 0 Å². The highest BCUT2D eigenvalue weighted by Gasteiger charge is 2.14. The van der Waals surface area contributed by atoms with Crippen molar-refractivity contribution < 1.29 is 9.90 Å². The number of aromatic carboxylic acids is 1. The van der Waals surface area contributed by atoms with Crippen molar-refractivity contribution in [1.82, 2.24) is 14.8 Å². The van der Waals surface area contributed by atoms with Gasteiger partial charge in [0, 0.05) is 11.9 Å². The van der Waals surface area contributed by atoms with E-state index in [9.17, 15) is 4.79 Å². The summed E-state index contributed by atoms with van der Waals surface area (Å²) in [5, 5.41) is 13.1. The number of aromatic nitrogens is 3. The summed E-state index contributed by atoms with van der Waals surface area (Å²) in [4.78, 5) is 15.1. The fourth-order valence-corrected chi connectivity index (χ4v) is 1.84. The Kier molecular flexibility index (Phi) is 3.41. The molecule has 1 N–H and O–H groups in total. The van der Waals surface area contributed by atoms with Gasteiger partial charge in [0.2, 0.25) is 0 Å². The fraction of sp³-hybridized carbons (Fsp3) is 0.308. The summed E-state index contributed by atoms with van der Waals surface area (Å²) in [6.45, 7) is 3.99. The molecule has 0 radical (unpaired) electrons. The molecule has 0 amide bonds. The number of hydrogen-bond donors (Lipinski definition) is 1. The van der Waals surface area contributed by atoms with Crippen molar-refractivity contribution in [3.8, 4) is 5.69 Å². The highest BCUT2D eigenvalue weighted by molar-refractivity contribution is 5.85. The van der Waals surface area contributed by atoms with Gasteiger partial charge in [-0.1, -0.05) is 13.3 Å². The monoisotopic (exact) mass is 245 g/mol. The Morgan fingerprint density at radius 2 is 2.17 bits per heavy atom. The zero-order valence-corrected chi connectivity index (χ0v) is 10.4. The third kappa shape index (κ3) is 2.40. The van der Waals surface area contributed by atoms with Gasteiger partial charge < -0.3 is 5.11 Å². The van der Waals surface area contributed by atoms with E-state index in [2.05, 4.69) is 10.1 Å². The number of carboxylic acid groups (broad SMARTS) is 1. The van der Waals surface area contributed by atoms with Crippen LogP contribution in [0, 0.1) is 6.92 Å². The predicted octanol–water partition coefficient (Wildman–Crippen LogP) is 2.23. The van der Waals surface area contributed by atoms with Crippen LogP contribution in [0.2, 0.25) is 0 Å². The van der Waals surface area contributed by atoms with Crippen LogP contribution in [-0.4, -0.2) is 25.8 Å². The maximum atomic E-state index is 11.0. The lowest BCUT2D eigenvalue weighted by Gasteiger charge is -2.06. The van der Waals surface area contributed by atoms with Crippen LogP contribution in [0.15, 0.2) is 24.5 Å². The van der Waals surface area contributed by atoms with Crippen molar-refractivity contribution >= 4 is 5.97 Å². The van der Waals surface area contributed by atoms with E-state index >= 15 is 0 Å². The highest BCUT2D eigenvalue weighted by atomic mass is 16.4. The number of carbonyl (C=O) groups is 1. The molecule has 0 unspecified atom stereocenters. The molecule has 0 bridgehead atoms. The first-order valence-corrected chi connectivity index (χ1v) is 5.86. The first kappa shape index (κ1) is 12.3. The molecular formula is C13H15N3O2. The van der Waals surface area contributed by atoms with Crippen molar-refractivity contribution in [2.75, 3.05) is 0 Å². The SMILES string of the molecule is CCCc1cc(C(=O)O)nn1-c1cncc(C)c1. The molecule has 0 aliphatic rings. The molecule has 2 aromatic heterocycles. The van der Waals surface area contributed by atoms with E-state index in [1.807, 2.05) is 19.9 Å². The van der Waals surface area contributed by atoms with Crippen LogP contribution in [0.3, 0.4) is 0 Å². The smallest absolute Gasteiger partial charge is 0.356 e. The Morgan fingerprint density at radius 1 is 1.39 bits per heavy atom. The minimum atomic E-state index is -1.01. The molecule has 0 aliphatic carbocycles. The van der Waals surface area contributed by atoms with Gasteiger partial charge in [0.05, 0.1) is 11.9 Å². The van der Waals surface area contributed by atoms with Gasteiger partial charge in [-0.15, -0.1) is 0 Å². The predicted molar refractivity (Wildman–Crippen MR) is 67.1 cm³/mol. The van der Waals surface area contributed by atoms with Gasteiger partial charge in [0.25, 0.3) is 0 Å². The second kappa shape index (κ2) is 5.00. The number of rotatable bonds is 4. The molecule has 0 fully saturated rings. The van der Waals surface area contributed by atoms with Crippen molar-refractivity contribution in [3.63, 3.8) is 0 Å². The molecule has 2 aromatic rings. The minimum Gasteiger partial charge on any atom is -0.476 e.